The molecule has 5 heterocycles. The molecule has 24 heteroatoms. The predicted octanol–water partition coefficient (Wildman–Crippen LogP) is 17.3. The summed E-state index contributed by atoms with van der Waals surface area (Å²) in [7, 11) is 1.38. The summed E-state index contributed by atoms with van der Waals surface area (Å²) in [5, 5.41) is 75.2. The molecule has 0 saturated carbocycles. The summed E-state index contributed by atoms with van der Waals surface area (Å²) in [4.78, 5) is 56.8. The zero-order chi connectivity index (χ0) is 74.5. The van der Waals surface area contributed by atoms with Crippen LogP contribution in [0.3, 0.4) is 0 Å². The largest absolute Gasteiger partial charge is 0.481 e. The van der Waals surface area contributed by atoms with Crippen molar-refractivity contribution in [3.8, 4) is 12.1 Å². The van der Waals surface area contributed by atoms with E-state index < -0.39 is 23.9 Å². The van der Waals surface area contributed by atoms with Gasteiger partial charge in [0.2, 0.25) is 0 Å². The monoisotopic (exact) mass is 1480 g/mol. The van der Waals surface area contributed by atoms with Gasteiger partial charge in [0.25, 0.3) is 0 Å². The lowest BCUT2D eigenvalue weighted by molar-refractivity contribution is -0.137. The fraction of sp³-hybridized carbons (Fsp3) is 0.210. The van der Waals surface area contributed by atoms with Crippen molar-refractivity contribution in [1.82, 2.24) is 38.9 Å². The van der Waals surface area contributed by atoms with Crippen molar-refractivity contribution in [2.45, 2.75) is 103 Å². The highest BCUT2D eigenvalue weighted by Crippen LogP contribution is 2.31. The molecule has 105 heavy (non-hydrogen) atoms. The number of aryl methyl sites for hydroxylation is 13. The molecular formula is C81H72Cl4N10O10. The van der Waals surface area contributed by atoms with Crippen molar-refractivity contribution in [1.29, 1.82) is 10.5 Å². The lowest BCUT2D eigenvalue weighted by Crippen LogP contribution is -2.03. The summed E-state index contributed by atoms with van der Waals surface area (Å²) in [5.74, 6) is -3.40. The minimum absolute atomic E-state index is 0.0150. The number of aromatic amines is 1. The van der Waals surface area contributed by atoms with Crippen molar-refractivity contribution in [3.63, 3.8) is 0 Å². The third-order valence-corrected chi connectivity index (χ3v) is 18.9. The van der Waals surface area contributed by atoms with Gasteiger partial charge in [0.1, 0.15) is 0 Å². The van der Waals surface area contributed by atoms with E-state index in [1.54, 1.807) is 48.5 Å². The zero-order valence-electron chi connectivity index (χ0n) is 57.1. The maximum atomic E-state index is 11.9. The van der Waals surface area contributed by atoms with Crippen LogP contribution in [-0.2, 0) is 93.5 Å². The first kappa shape index (κ1) is 76.1. The number of halogens is 4. The number of H-pyrrole nitrogens is 1. The molecule has 0 aliphatic carbocycles. The Morgan fingerprint density at radius 2 is 0.714 bits per heavy atom. The van der Waals surface area contributed by atoms with Crippen LogP contribution in [0.1, 0.15) is 111 Å². The number of ether oxygens (including phenoxy) is 1. The molecule has 20 nitrogen and oxygen atoms in total. The fourth-order valence-electron chi connectivity index (χ4n) is 12.5. The number of aromatic carboxylic acids is 3. The normalized spacial score (nSPS) is 10.9. The second-order valence-electron chi connectivity index (χ2n) is 24.8. The highest BCUT2D eigenvalue weighted by atomic mass is 35.5. The van der Waals surface area contributed by atoms with Gasteiger partial charge >= 0.3 is 29.8 Å². The van der Waals surface area contributed by atoms with Crippen LogP contribution < -0.4 is 0 Å². The van der Waals surface area contributed by atoms with Crippen LogP contribution in [-0.4, -0.2) is 96.3 Å². The Bertz CT molecular complexity index is 5310. The molecular weight excluding hydrogens is 1410 g/mol. The summed E-state index contributed by atoms with van der Waals surface area (Å²) in [5.41, 5.74) is 14.2. The van der Waals surface area contributed by atoms with E-state index in [0.29, 0.717) is 71.9 Å². The minimum atomic E-state index is -0.978. The van der Waals surface area contributed by atoms with Gasteiger partial charge in [0.05, 0.1) is 60.8 Å². The number of esters is 1. The Morgan fingerprint density at radius 1 is 0.410 bits per heavy atom. The van der Waals surface area contributed by atoms with Crippen LogP contribution in [0.4, 0.5) is 0 Å². The number of aliphatic carboxylic acids is 1. The third kappa shape index (κ3) is 20.6. The maximum absolute atomic E-state index is 11.9. The number of carbonyl (C=O) groups excluding carboxylic acids is 1. The Labute approximate surface area is 624 Å². The quantitative estimate of drug-likeness (QED) is 0.0315. The number of tetrazole rings is 1. The molecule has 0 aliphatic rings. The number of hydrogen-bond acceptors (Lipinski definition) is 11. The Balaban J connectivity index is 0.000000150. The lowest BCUT2D eigenvalue weighted by Gasteiger charge is -2.04. The highest BCUT2D eigenvalue weighted by molar-refractivity contribution is 6.31. The van der Waals surface area contributed by atoms with Crippen LogP contribution >= 0.6 is 46.4 Å². The molecule has 0 radical (unpaired) electrons. The topological polar surface area (TPSA) is 297 Å². The predicted molar refractivity (Wildman–Crippen MR) is 406 cm³/mol. The van der Waals surface area contributed by atoms with Crippen molar-refractivity contribution in [2.75, 3.05) is 7.11 Å². The van der Waals surface area contributed by atoms with Crippen molar-refractivity contribution in [3.05, 3.63) is 287 Å². The van der Waals surface area contributed by atoms with Gasteiger partial charge in [-0.15, -0.1) is 10.2 Å². The SMILES string of the molecule is COC(=O)c1ccc2c(c1)c(CCc1ccc(Cl)cc1)cn2CCC#N.N#CCCn1cc(CCc2ccc(Cl)cc2)c2cc(C(=O)O)ccc21.O=C(O)CCn1cc(CCc2ccc(Cl)cc2)c2cc(C(=O)O)ccc21.O=C(O)c1ccc2c(c1)c(CCc1ccc(Cl)cc1)cn2CCc1nn[nH]n1. The molecule has 0 bridgehead atoms. The minimum Gasteiger partial charge on any atom is -0.481 e. The number of carboxylic acids is 4. The van der Waals surface area contributed by atoms with E-state index in [1.165, 1.54) is 23.8 Å². The van der Waals surface area contributed by atoms with Gasteiger partial charge in [0.15, 0.2) is 5.82 Å². The molecule has 0 amide bonds. The zero-order valence-corrected chi connectivity index (χ0v) is 60.1. The number of rotatable bonds is 26. The van der Waals surface area contributed by atoms with Gasteiger partial charge in [-0.1, -0.05) is 100 Å². The number of carbonyl (C=O) groups is 5. The van der Waals surface area contributed by atoms with Gasteiger partial charge < -0.3 is 43.4 Å². The number of aromatic nitrogens is 8. The summed E-state index contributed by atoms with van der Waals surface area (Å²) >= 11 is 23.7. The average molecular weight is 1490 g/mol. The molecule has 534 valence electrons. The third-order valence-electron chi connectivity index (χ3n) is 17.9. The molecule has 0 aliphatic heterocycles. The molecule has 0 fully saturated rings. The number of benzene rings is 8. The van der Waals surface area contributed by atoms with E-state index >= 15 is 0 Å². The number of nitriles is 2. The van der Waals surface area contributed by atoms with E-state index in [2.05, 4.69) is 54.3 Å². The van der Waals surface area contributed by atoms with Gasteiger partial charge in [0, 0.05) is 121 Å². The lowest BCUT2D eigenvalue weighted by atomic mass is 10.0. The first-order valence-electron chi connectivity index (χ1n) is 33.7. The summed E-state index contributed by atoms with van der Waals surface area (Å²) in [6.45, 7) is 2.26. The van der Waals surface area contributed by atoms with Crippen molar-refractivity contribution >= 4 is 120 Å². The van der Waals surface area contributed by atoms with E-state index in [9.17, 15) is 39.3 Å². The first-order chi connectivity index (χ1) is 50.7. The van der Waals surface area contributed by atoms with Gasteiger partial charge in [-0.3, -0.25) is 4.79 Å². The molecule has 0 saturated heterocycles. The average Bonchev–Trinajstić information content (AvgIpc) is 1.67. The van der Waals surface area contributed by atoms with Gasteiger partial charge in [-0.25, -0.2) is 19.2 Å². The molecule has 5 aromatic heterocycles. The van der Waals surface area contributed by atoms with Gasteiger partial charge in [-0.2, -0.15) is 15.7 Å². The van der Waals surface area contributed by atoms with Crippen LogP contribution in [0.2, 0.25) is 20.1 Å². The first-order valence-corrected chi connectivity index (χ1v) is 35.2. The van der Waals surface area contributed by atoms with Crippen LogP contribution in [0.15, 0.2) is 195 Å². The Kier molecular flexibility index (Phi) is 26.5. The Hall–Kier alpha value is -11.5. The number of hydrogen-bond donors (Lipinski definition) is 5. The van der Waals surface area contributed by atoms with E-state index in [-0.39, 0.29) is 29.1 Å². The summed E-state index contributed by atoms with van der Waals surface area (Å²) in [6, 6.07) is 56.2. The van der Waals surface area contributed by atoms with Crippen LogP contribution in [0, 0.1) is 22.7 Å². The number of methoxy groups -OCH3 is 1. The number of fused-ring (bicyclic) bond motifs is 4. The van der Waals surface area contributed by atoms with E-state index in [4.69, 9.17) is 66.8 Å². The molecule has 0 spiro atoms. The summed E-state index contributed by atoms with van der Waals surface area (Å²) in [6.07, 6.45) is 16.1. The second kappa shape index (κ2) is 36.6. The summed E-state index contributed by atoms with van der Waals surface area (Å²) < 4.78 is 12.9. The molecule has 0 atom stereocenters. The number of nitrogens with one attached hydrogen (secondary N) is 1. The molecule has 13 rings (SSSR count). The van der Waals surface area contributed by atoms with Crippen LogP contribution in [0.5, 0.6) is 0 Å². The van der Waals surface area contributed by atoms with E-state index in [1.807, 2.05) is 143 Å². The number of nitrogens with zero attached hydrogens (tertiary/aromatic N) is 9. The second-order valence-corrected chi connectivity index (χ2v) is 26.5. The van der Waals surface area contributed by atoms with Crippen molar-refractivity contribution in [2.24, 2.45) is 0 Å². The van der Waals surface area contributed by atoms with E-state index in [0.717, 1.165) is 128 Å². The van der Waals surface area contributed by atoms with Gasteiger partial charge in [-0.05, 0) is 217 Å². The standard InChI is InChI=1S/C21H19ClN2O2.C20H18ClN5O2.C20H17ClN2O2.C20H18ClNO4/c1-26-21(25)16-7-10-20-19(13-16)17(14-24(20)12-2-11-23)6-3-15-4-8-18(22)9-5-15;21-16-6-2-13(3-7-16)1-4-15-12-26(10-9-19-22-24-25-23-19)18-8-5-14(20(27)28)11-17(15)18;21-17-7-3-14(4-8-17)2-5-16-13-23(11-1-10-22)19-9-6-15(20(24)25)12-18(16)19;21-16-6-2-13(3-7-16)1-4-15-12-22(10-9-19(23)24)18-8-5-14(20(25)26)11-17(15)18/h4-5,7-10,13-14H,2-3,6,12H2,1H3;2-3,5-8,11-12H,1,4,9-10H2,(H,27,28)(H,22,23,24,25);3-4,6-9,12-13H,1-2,5,11H2,(H,24,25);2-3,5-8,11-12H,1,4,9-10H2,(H,23,24)(H,25,26). The smallest absolute Gasteiger partial charge is 0.337 e. The molecule has 13 aromatic rings. The van der Waals surface area contributed by atoms with Crippen LogP contribution in [0.25, 0.3) is 43.6 Å². The molecule has 8 aromatic carbocycles. The maximum Gasteiger partial charge on any atom is 0.337 e. The molecule has 0 unspecified atom stereocenters. The Morgan fingerprint density at radius 3 is 1.00 bits per heavy atom. The number of carboxylic acid groups (broad SMARTS) is 4. The fourth-order valence-corrected chi connectivity index (χ4v) is 13.0. The molecule has 5 N–H and O–H groups in total. The highest BCUT2D eigenvalue weighted by Gasteiger charge is 2.18. The van der Waals surface area contributed by atoms with Crippen molar-refractivity contribution < 1.29 is 49.1 Å².